The van der Waals surface area contributed by atoms with Gasteiger partial charge in [-0.3, -0.25) is 14.4 Å². The van der Waals surface area contributed by atoms with Gasteiger partial charge in [0.25, 0.3) is 0 Å². The molecule has 0 aromatic heterocycles. The first-order valence-corrected chi connectivity index (χ1v) is 8.04. The Morgan fingerprint density at radius 3 is 2.42 bits per heavy atom. The van der Waals surface area contributed by atoms with Crippen molar-refractivity contribution < 1.29 is 18.8 Å². The predicted molar refractivity (Wildman–Crippen MR) is 95.8 cm³/mol. The Labute approximate surface area is 151 Å². The van der Waals surface area contributed by atoms with Crippen molar-refractivity contribution in [3.63, 3.8) is 0 Å². The average molecular weight is 357 g/mol. The highest BCUT2D eigenvalue weighted by Gasteiger charge is 2.14. The lowest BCUT2D eigenvalue weighted by atomic mass is 10.1. The third-order valence-corrected chi connectivity index (χ3v) is 3.55. The van der Waals surface area contributed by atoms with E-state index in [4.69, 9.17) is 0 Å². The van der Waals surface area contributed by atoms with Crippen LogP contribution in [0.2, 0.25) is 0 Å². The first-order chi connectivity index (χ1) is 12.4. The zero-order valence-electron chi connectivity index (χ0n) is 14.4. The summed E-state index contributed by atoms with van der Waals surface area (Å²) in [4.78, 5) is 37.0. The van der Waals surface area contributed by atoms with Gasteiger partial charge in [-0.05, 0) is 29.8 Å². The van der Waals surface area contributed by atoms with Gasteiger partial charge in [0.05, 0.1) is 19.5 Å². The number of hydrogen-bond acceptors (Lipinski definition) is 3. The lowest BCUT2D eigenvalue weighted by Crippen LogP contribution is -2.41. The number of carbonyl (C=O) groups is 3. The van der Waals surface area contributed by atoms with Crippen LogP contribution >= 0.6 is 0 Å². The van der Waals surface area contributed by atoms with E-state index in [1.54, 1.807) is 30.3 Å². The molecule has 2 rings (SSSR count). The van der Waals surface area contributed by atoms with E-state index in [0.29, 0.717) is 11.3 Å². The van der Waals surface area contributed by atoms with Crippen molar-refractivity contribution in [3.05, 3.63) is 66.0 Å². The van der Waals surface area contributed by atoms with Crippen LogP contribution in [-0.4, -0.2) is 42.8 Å². The molecular weight excluding hydrogens is 337 g/mol. The molecule has 136 valence electrons. The molecule has 26 heavy (non-hydrogen) atoms. The molecule has 0 bridgehead atoms. The van der Waals surface area contributed by atoms with Crippen LogP contribution in [0.3, 0.4) is 0 Å². The maximum absolute atomic E-state index is 13.1. The Morgan fingerprint density at radius 1 is 1.00 bits per heavy atom. The summed E-state index contributed by atoms with van der Waals surface area (Å²) < 4.78 is 13.1. The van der Waals surface area contributed by atoms with Crippen molar-refractivity contribution >= 4 is 23.4 Å². The number of amides is 3. The zero-order valence-corrected chi connectivity index (χ0v) is 14.4. The van der Waals surface area contributed by atoms with Gasteiger partial charge in [-0.1, -0.05) is 30.3 Å². The molecule has 0 saturated heterocycles. The molecule has 7 heteroatoms. The lowest BCUT2D eigenvalue weighted by molar-refractivity contribution is -0.134. The van der Waals surface area contributed by atoms with Crippen LogP contribution in [0.5, 0.6) is 0 Å². The van der Waals surface area contributed by atoms with Gasteiger partial charge in [0, 0.05) is 12.7 Å². The number of para-hydroxylation sites is 1. The van der Waals surface area contributed by atoms with Crippen LogP contribution in [0.1, 0.15) is 5.56 Å². The summed E-state index contributed by atoms with van der Waals surface area (Å²) in [7, 11) is 1.48. The first kappa shape index (κ1) is 19.1. The van der Waals surface area contributed by atoms with Crippen LogP contribution < -0.4 is 10.6 Å². The Bertz CT molecular complexity index is 781. The fraction of sp³-hybridized carbons (Fsp3) is 0.211. The number of carbonyl (C=O) groups excluding carboxylic acids is 3. The fourth-order valence-electron chi connectivity index (χ4n) is 2.23. The molecule has 0 radical (unpaired) electrons. The minimum absolute atomic E-state index is 0.0246. The van der Waals surface area contributed by atoms with Crippen LogP contribution in [0.15, 0.2) is 54.6 Å². The Kier molecular flexibility index (Phi) is 6.84. The lowest BCUT2D eigenvalue weighted by Gasteiger charge is -2.17. The van der Waals surface area contributed by atoms with E-state index < -0.39 is 17.6 Å². The molecular formula is C19H20FN3O3. The predicted octanol–water partition coefficient (Wildman–Crippen LogP) is 1.58. The highest BCUT2D eigenvalue weighted by Crippen LogP contribution is 2.05. The van der Waals surface area contributed by atoms with Crippen LogP contribution in [0.4, 0.5) is 10.1 Å². The number of benzene rings is 2. The Morgan fingerprint density at radius 2 is 1.73 bits per heavy atom. The van der Waals surface area contributed by atoms with Crippen molar-refractivity contribution in [1.82, 2.24) is 10.2 Å². The van der Waals surface area contributed by atoms with E-state index in [1.807, 2.05) is 6.07 Å². The number of rotatable bonds is 7. The molecule has 0 unspecified atom stereocenters. The molecule has 3 amide bonds. The average Bonchev–Trinajstić information content (AvgIpc) is 2.60. The smallest absolute Gasteiger partial charge is 0.243 e. The molecule has 0 heterocycles. The first-order valence-electron chi connectivity index (χ1n) is 8.04. The molecule has 0 aliphatic carbocycles. The minimum Gasteiger partial charge on any atom is -0.347 e. The third kappa shape index (κ3) is 6.35. The van der Waals surface area contributed by atoms with Gasteiger partial charge in [0.2, 0.25) is 17.7 Å². The standard InChI is InChI=1S/C19H20FN3O3/c1-23(13-18(25)22-16-8-3-2-4-9-16)19(26)12-21-17(24)11-14-6-5-7-15(20)10-14/h2-10H,11-13H2,1H3,(H,21,24)(H,22,25). The molecule has 0 aliphatic heterocycles. The quantitative estimate of drug-likeness (QED) is 0.790. The molecule has 2 aromatic carbocycles. The molecule has 0 atom stereocenters. The Balaban J connectivity index is 1.74. The van der Waals surface area contributed by atoms with Crippen LogP contribution in [0, 0.1) is 5.82 Å². The van der Waals surface area contributed by atoms with E-state index >= 15 is 0 Å². The molecule has 2 aromatic rings. The molecule has 6 nitrogen and oxygen atoms in total. The van der Waals surface area contributed by atoms with E-state index in [2.05, 4.69) is 10.6 Å². The Hall–Kier alpha value is -3.22. The van der Waals surface area contributed by atoms with Gasteiger partial charge in [-0.25, -0.2) is 4.39 Å². The van der Waals surface area contributed by atoms with Gasteiger partial charge >= 0.3 is 0 Å². The molecule has 0 aliphatic rings. The second-order valence-electron chi connectivity index (χ2n) is 5.75. The number of hydrogen-bond donors (Lipinski definition) is 2. The normalized spacial score (nSPS) is 10.1. The van der Waals surface area contributed by atoms with Gasteiger partial charge in [-0.15, -0.1) is 0 Å². The van der Waals surface area contributed by atoms with E-state index in [0.717, 1.165) is 0 Å². The highest BCUT2D eigenvalue weighted by molar-refractivity contribution is 5.95. The van der Waals surface area contributed by atoms with Crippen molar-refractivity contribution in [2.75, 3.05) is 25.5 Å². The molecule has 0 fully saturated rings. The minimum atomic E-state index is -0.421. The topological polar surface area (TPSA) is 78.5 Å². The summed E-state index contributed by atoms with van der Waals surface area (Å²) in [6.07, 6.45) is -0.0246. The van der Waals surface area contributed by atoms with E-state index in [9.17, 15) is 18.8 Å². The van der Waals surface area contributed by atoms with Crippen molar-refractivity contribution in [2.24, 2.45) is 0 Å². The molecule has 2 N–H and O–H groups in total. The van der Waals surface area contributed by atoms with Crippen molar-refractivity contribution in [1.29, 1.82) is 0 Å². The number of anilines is 1. The van der Waals surface area contributed by atoms with E-state index in [1.165, 1.54) is 30.1 Å². The number of nitrogens with zero attached hydrogens (tertiary/aromatic N) is 1. The summed E-state index contributed by atoms with van der Waals surface area (Å²) in [5.74, 6) is -1.56. The largest absolute Gasteiger partial charge is 0.347 e. The molecule has 0 saturated carbocycles. The van der Waals surface area contributed by atoms with Crippen LogP contribution in [0.25, 0.3) is 0 Å². The number of likely N-dealkylation sites (N-methyl/N-ethyl adjacent to an activating group) is 1. The monoisotopic (exact) mass is 357 g/mol. The fourth-order valence-corrected chi connectivity index (χ4v) is 2.23. The molecule has 0 spiro atoms. The third-order valence-electron chi connectivity index (χ3n) is 3.55. The summed E-state index contributed by atoms with van der Waals surface area (Å²) in [6.45, 7) is -0.364. The number of nitrogens with one attached hydrogen (secondary N) is 2. The summed E-state index contributed by atoms with van der Waals surface area (Å²) in [6, 6.07) is 14.6. The van der Waals surface area contributed by atoms with Crippen molar-refractivity contribution in [2.45, 2.75) is 6.42 Å². The van der Waals surface area contributed by atoms with Crippen molar-refractivity contribution in [3.8, 4) is 0 Å². The SMILES string of the molecule is CN(CC(=O)Nc1ccccc1)C(=O)CNC(=O)Cc1cccc(F)c1. The van der Waals surface area contributed by atoms with Gasteiger partial charge in [-0.2, -0.15) is 0 Å². The van der Waals surface area contributed by atoms with Gasteiger partial charge < -0.3 is 15.5 Å². The highest BCUT2D eigenvalue weighted by atomic mass is 19.1. The second-order valence-corrected chi connectivity index (χ2v) is 5.75. The second kappa shape index (κ2) is 9.31. The maximum Gasteiger partial charge on any atom is 0.243 e. The summed E-state index contributed by atoms with van der Waals surface area (Å²) in [5, 5.41) is 5.14. The van der Waals surface area contributed by atoms with E-state index in [-0.39, 0.29) is 25.4 Å². The summed E-state index contributed by atoms with van der Waals surface area (Å²) >= 11 is 0. The van der Waals surface area contributed by atoms with Gasteiger partial charge in [0.1, 0.15) is 5.82 Å². The number of halogens is 1. The van der Waals surface area contributed by atoms with Crippen LogP contribution in [-0.2, 0) is 20.8 Å². The summed E-state index contributed by atoms with van der Waals surface area (Å²) in [5.41, 5.74) is 1.16. The van der Waals surface area contributed by atoms with Gasteiger partial charge in [0.15, 0.2) is 0 Å². The zero-order chi connectivity index (χ0) is 18.9. The maximum atomic E-state index is 13.1.